The van der Waals surface area contributed by atoms with Gasteiger partial charge in [-0.1, -0.05) is 0 Å². The molecule has 0 aliphatic rings. The molecule has 0 aliphatic carbocycles. The Balaban J connectivity index is 2.14. The molecule has 0 saturated carbocycles. The number of aromatic nitrogens is 2. The number of hydrogen-bond acceptors (Lipinski definition) is 7. The van der Waals surface area contributed by atoms with Gasteiger partial charge in [-0.2, -0.15) is 0 Å². The molecule has 1 N–H and O–H groups in total. The number of hydrogen-bond donors (Lipinski definition) is 1. The maximum Gasteiger partial charge on any atom is 0.288 e. The van der Waals surface area contributed by atoms with Crippen molar-refractivity contribution < 1.29 is 18.7 Å². The highest BCUT2D eigenvalue weighted by Crippen LogP contribution is 2.31. The van der Waals surface area contributed by atoms with E-state index in [1.165, 1.54) is 4.68 Å². The summed E-state index contributed by atoms with van der Waals surface area (Å²) < 4.78 is 17.6. The van der Waals surface area contributed by atoms with Crippen molar-refractivity contribution in [3.8, 4) is 23.0 Å². The highest BCUT2D eigenvalue weighted by atomic mass is 32.1. The zero-order valence-electron chi connectivity index (χ0n) is 15.6. The van der Waals surface area contributed by atoms with E-state index in [0.29, 0.717) is 29.6 Å². The van der Waals surface area contributed by atoms with E-state index in [1.54, 1.807) is 31.3 Å². The maximum atomic E-state index is 11.8. The number of nitrogens with one attached hydrogen (secondary N) is 1. The molecule has 1 amide bonds. The molecule has 142 valence electrons. The predicted octanol–water partition coefficient (Wildman–Crippen LogP) is 2.30. The van der Waals surface area contributed by atoms with Gasteiger partial charge < -0.3 is 19.2 Å². The third-order valence-electron chi connectivity index (χ3n) is 3.48. The van der Waals surface area contributed by atoms with Gasteiger partial charge in [0.15, 0.2) is 11.5 Å². The van der Waals surface area contributed by atoms with Crippen LogP contribution in [0.5, 0.6) is 11.5 Å². The molecule has 0 unspecified atom stereocenters. The second kappa shape index (κ2) is 8.81. The summed E-state index contributed by atoms with van der Waals surface area (Å²) in [5.74, 6) is 1.50. The van der Waals surface area contributed by atoms with E-state index in [1.807, 2.05) is 27.0 Å². The first kappa shape index (κ1) is 19.9. The first-order chi connectivity index (χ1) is 12.3. The van der Waals surface area contributed by atoms with Crippen molar-refractivity contribution in [1.29, 1.82) is 0 Å². The number of nitrogens with zero attached hydrogens (tertiary/aromatic N) is 3. The summed E-state index contributed by atoms with van der Waals surface area (Å²) in [6, 6.07) is 5.45. The maximum absolute atomic E-state index is 11.8. The average molecular weight is 380 g/mol. The van der Waals surface area contributed by atoms with E-state index >= 15 is 0 Å². The molecule has 2 aromatic rings. The van der Waals surface area contributed by atoms with Gasteiger partial charge in [0.05, 0.1) is 27.4 Å². The van der Waals surface area contributed by atoms with Crippen molar-refractivity contribution in [3.05, 3.63) is 23.0 Å². The SMILES string of the molecule is COc1ccc(-c2nn(CN(C)CC(=O)NC(C)C)c(=S)o2)cc1OC. The Labute approximate surface area is 157 Å². The van der Waals surface area contributed by atoms with Gasteiger partial charge in [0.25, 0.3) is 4.84 Å². The molecule has 2 rings (SSSR count). The van der Waals surface area contributed by atoms with Gasteiger partial charge in [-0.05, 0) is 51.3 Å². The lowest BCUT2D eigenvalue weighted by Crippen LogP contribution is -2.39. The number of amides is 1. The van der Waals surface area contributed by atoms with Crippen LogP contribution in [0.3, 0.4) is 0 Å². The minimum atomic E-state index is -0.0578. The number of ether oxygens (including phenoxy) is 2. The fourth-order valence-corrected chi connectivity index (χ4v) is 2.55. The van der Waals surface area contributed by atoms with Crippen molar-refractivity contribution in [1.82, 2.24) is 20.0 Å². The van der Waals surface area contributed by atoms with Crippen LogP contribution in [0.15, 0.2) is 22.6 Å². The first-order valence-electron chi connectivity index (χ1n) is 8.12. The molecule has 9 heteroatoms. The number of likely N-dealkylation sites (N-methyl/N-ethyl adjacent to an activating group) is 1. The fourth-order valence-electron chi connectivity index (χ4n) is 2.37. The number of benzene rings is 1. The molecule has 8 nitrogen and oxygen atoms in total. The van der Waals surface area contributed by atoms with Gasteiger partial charge in [-0.3, -0.25) is 9.69 Å². The molecular formula is C17H24N4O4S. The average Bonchev–Trinajstić information content (AvgIpc) is 2.93. The zero-order valence-corrected chi connectivity index (χ0v) is 16.4. The van der Waals surface area contributed by atoms with Gasteiger partial charge >= 0.3 is 0 Å². The van der Waals surface area contributed by atoms with Crippen molar-refractivity contribution in [2.45, 2.75) is 26.6 Å². The molecule has 1 aromatic carbocycles. The lowest BCUT2D eigenvalue weighted by molar-refractivity contribution is -0.122. The third-order valence-corrected chi connectivity index (χ3v) is 3.77. The van der Waals surface area contributed by atoms with E-state index in [-0.39, 0.29) is 23.3 Å². The van der Waals surface area contributed by atoms with Gasteiger partial charge in [0, 0.05) is 11.6 Å². The van der Waals surface area contributed by atoms with Gasteiger partial charge in [0.2, 0.25) is 11.8 Å². The van der Waals surface area contributed by atoms with Crippen LogP contribution in [-0.2, 0) is 11.5 Å². The van der Waals surface area contributed by atoms with Crippen LogP contribution >= 0.6 is 12.2 Å². The summed E-state index contributed by atoms with van der Waals surface area (Å²) in [7, 11) is 4.95. The lowest BCUT2D eigenvalue weighted by atomic mass is 10.2. The van der Waals surface area contributed by atoms with Gasteiger partial charge in [0.1, 0.15) is 0 Å². The van der Waals surface area contributed by atoms with Crippen LogP contribution in [0.2, 0.25) is 0 Å². The summed E-state index contributed by atoms with van der Waals surface area (Å²) in [6.07, 6.45) is 0. The van der Waals surface area contributed by atoms with Crippen molar-refractivity contribution in [2.24, 2.45) is 0 Å². The van der Waals surface area contributed by atoms with E-state index in [0.717, 1.165) is 0 Å². The summed E-state index contributed by atoms with van der Waals surface area (Å²) in [6.45, 7) is 4.40. The Morgan fingerprint density at radius 2 is 2.04 bits per heavy atom. The van der Waals surface area contributed by atoms with E-state index < -0.39 is 0 Å². The topological polar surface area (TPSA) is 81.8 Å². The number of rotatable bonds is 8. The van der Waals surface area contributed by atoms with Crippen LogP contribution in [-0.4, -0.2) is 54.4 Å². The van der Waals surface area contributed by atoms with E-state index in [2.05, 4.69) is 10.4 Å². The Kier molecular flexibility index (Phi) is 6.76. The Bertz CT molecular complexity index is 815. The smallest absolute Gasteiger partial charge is 0.288 e. The number of methoxy groups -OCH3 is 2. The second-order valence-corrected chi connectivity index (χ2v) is 6.47. The normalized spacial score (nSPS) is 11.0. The minimum absolute atomic E-state index is 0.0578. The van der Waals surface area contributed by atoms with Crippen molar-refractivity contribution in [3.63, 3.8) is 0 Å². The van der Waals surface area contributed by atoms with Crippen LogP contribution in [0, 0.1) is 4.84 Å². The monoisotopic (exact) mass is 380 g/mol. The number of carbonyl (C=O) groups is 1. The molecule has 0 atom stereocenters. The molecule has 0 spiro atoms. The van der Waals surface area contributed by atoms with E-state index in [9.17, 15) is 4.79 Å². The molecule has 0 aliphatic heterocycles. The van der Waals surface area contributed by atoms with Crippen LogP contribution in [0.1, 0.15) is 13.8 Å². The third kappa shape index (κ3) is 5.06. The Hall–Kier alpha value is -2.39. The molecule has 0 saturated heterocycles. The van der Waals surface area contributed by atoms with Crippen LogP contribution in [0.4, 0.5) is 0 Å². The highest BCUT2D eigenvalue weighted by molar-refractivity contribution is 7.71. The van der Waals surface area contributed by atoms with E-state index in [4.69, 9.17) is 26.1 Å². The van der Waals surface area contributed by atoms with Gasteiger partial charge in [-0.15, -0.1) is 5.10 Å². The Morgan fingerprint density at radius 1 is 1.35 bits per heavy atom. The molecule has 26 heavy (non-hydrogen) atoms. The van der Waals surface area contributed by atoms with Crippen LogP contribution < -0.4 is 14.8 Å². The molecule has 0 fully saturated rings. The summed E-state index contributed by atoms with van der Waals surface area (Å²) >= 11 is 5.24. The quantitative estimate of drug-likeness (QED) is 0.704. The fraction of sp³-hybridized carbons (Fsp3) is 0.471. The van der Waals surface area contributed by atoms with Crippen molar-refractivity contribution >= 4 is 18.1 Å². The van der Waals surface area contributed by atoms with Gasteiger partial charge in [-0.25, -0.2) is 4.68 Å². The van der Waals surface area contributed by atoms with Crippen LogP contribution in [0.25, 0.3) is 11.5 Å². The van der Waals surface area contributed by atoms with Crippen molar-refractivity contribution in [2.75, 3.05) is 27.8 Å². The predicted molar refractivity (Wildman–Crippen MR) is 99.8 cm³/mol. The second-order valence-electron chi connectivity index (χ2n) is 6.12. The molecular weight excluding hydrogens is 356 g/mol. The summed E-state index contributed by atoms with van der Waals surface area (Å²) in [4.78, 5) is 13.9. The lowest BCUT2D eigenvalue weighted by Gasteiger charge is -2.16. The molecule has 0 radical (unpaired) electrons. The molecule has 0 bridgehead atoms. The summed E-state index contributed by atoms with van der Waals surface area (Å²) in [5.41, 5.74) is 0.715. The molecule has 1 heterocycles. The minimum Gasteiger partial charge on any atom is -0.493 e. The standard InChI is InChI=1S/C17H24N4O4S/c1-11(2)18-15(22)9-20(3)10-21-17(26)25-16(19-21)12-6-7-13(23-4)14(8-12)24-5/h6-8,11H,9-10H2,1-5H3,(H,18,22). The number of carbonyl (C=O) groups excluding carboxylic acids is 1. The molecule has 1 aromatic heterocycles. The summed E-state index contributed by atoms with van der Waals surface area (Å²) in [5, 5.41) is 7.24. The zero-order chi connectivity index (χ0) is 19.3. The highest BCUT2D eigenvalue weighted by Gasteiger charge is 2.14. The Morgan fingerprint density at radius 3 is 2.65 bits per heavy atom. The first-order valence-corrected chi connectivity index (χ1v) is 8.53. The largest absolute Gasteiger partial charge is 0.493 e.